The molecule has 0 fully saturated rings. The second-order valence-corrected chi connectivity index (χ2v) is 4.08. The molecular formula is C12H12N4. The normalized spacial score (nSPS) is 11.4. The van der Waals surface area contributed by atoms with E-state index in [1.54, 1.807) is 4.68 Å². The second-order valence-electron chi connectivity index (χ2n) is 4.08. The summed E-state index contributed by atoms with van der Waals surface area (Å²) in [7, 11) is 1.89. The van der Waals surface area contributed by atoms with Gasteiger partial charge < -0.3 is 5.73 Å². The van der Waals surface area contributed by atoms with Gasteiger partial charge in [-0.3, -0.25) is 4.68 Å². The lowest BCUT2D eigenvalue weighted by Gasteiger charge is -2.01. The molecule has 4 heteroatoms. The van der Waals surface area contributed by atoms with E-state index in [-0.39, 0.29) is 0 Å². The molecule has 16 heavy (non-hydrogen) atoms. The predicted octanol–water partition coefficient (Wildman–Crippen LogP) is 2.01. The minimum Gasteiger partial charge on any atom is -0.383 e. The van der Waals surface area contributed by atoms with Crippen LogP contribution in [0.25, 0.3) is 21.8 Å². The molecule has 0 saturated carbocycles. The van der Waals surface area contributed by atoms with Gasteiger partial charge in [0.1, 0.15) is 11.3 Å². The van der Waals surface area contributed by atoms with Crippen molar-refractivity contribution < 1.29 is 0 Å². The number of anilines is 1. The average molecular weight is 212 g/mol. The standard InChI is InChI=1S/C12H12N4/c1-7-3-4-10-8(5-7)11-9(12(13)14-10)6-16(2)15-11/h3-6H,1-2H3,(H2,13,14). The number of hydrogen-bond donors (Lipinski definition) is 1. The number of nitrogens with zero attached hydrogens (tertiary/aromatic N) is 3. The van der Waals surface area contributed by atoms with Crippen molar-refractivity contribution in [1.82, 2.24) is 14.8 Å². The van der Waals surface area contributed by atoms with Gasteiger partial charge in [-0.2, -0.15) is 5.10 Å². The van der Waals surface area contributed by atoms with Gasteiger partial charge in [0.25, 0.3) is 0 Å². The summed E-state index contributed by atoms with van der Waals surface area (Å²) in [4.78, 5) is 4.38. The number of benzene rings is 1. The van der Waals surface area contributed by atoms with Crippen molar-refractivity contribution in [3.8, 4) is 0 Å². The third kappa shape index (κ3) is 1.16. The van der Waals surface area contributed by atoms with Crippen molar-refractivity contribution in [1.29, 1.82) is 0 Å². The lowest BCUT2D eigenvalue weighted by atomic mass is 10.1. The Labute approximate surface area is 92.7 Å². The molecule has 0 atom stereocenters. The van der Waals surface area contributed by atoms with Crippen LogP contribution in [0.3, 0.4) is 0 Å². The fourth-order valence-electron chi connectivity index (χ4n) is 2.00. The fourth-order valence-corrected chi connectivity index (χ4v) is 2.00. The number of pyridine rings is 1. The zero-order valence-electron chi connectivity index (χ0n) is 9.23. The van der Waals surface area contributed by atoms with Crippen LogP contribution >= 0.6 is 0 Å². The Hall–Kier alpha value is -2.10. The zero-order chi connectivity index (χ0) is 11.3. The first-order valence-electron chi connectivity index (χ1n) is 5.14. The Kier molecular flexibility index (Phi) is 1.68. The molecule has 4 nitrogen and oxygen atoms in total. The molecule has 0 radical (unpaired) electrons. The molecular weight excluding hydrogens is 200 g/mol. The van der Waals surface area contributed by atoms with Crippen LogP contribution in [-0.4, -0.2) is 14.8 Å². The van der Waals surface area contributed by atoms with Crippen LogP contribution in [0.5, 0.6) is 0 Å². The van der Waals surface area contributed by atoms with Gasteiger partial charge in [0.2, 0.25) is 0 Å². The highest BCUT2D eigenvalue weighted by Gasteiger charge is 2.09. The van der Waals surface area contributed by atoms with Gasteiger partial charge in [0, 0.05) is 18.6 Å². The molecule has 0 saturated heterocycles. The van der Waals surface area contributed by atoms with E-state index in [0.717, 1.165) is 21.8 Å². The number of aryl methyl sites for hydroxylation is 2. The molecule has 2 aromatic heterocycles. The summed E-state index contributed by atoms with van der Waals surface area (Å²) >= 11 is 0. The molecule has 0 amide bonds. The van der Waals surface area contributed by atoms with Crippen LogP contribution in [0.1, 0.15) is 5.56 Å². The van der Waals surface area contributed by atoms with E-state index in [1.807, 2.05) is 25.4 Å². The molecule has 0 unspecified atom stereocenters. The predicted molar refractivity (Wildman–Crippen MR) is 65.2 cm³/mol. The Morgan fingerprint density at radius 1 is 1.25 bits per heavy atom. The first-order chi connectivity index (χ1) is 7.65. The third-order valence-corrected chi connectivity index (χ3v) is 2.75. The number of rotatable bonds is 0. The summed E-state index contributed by atoms with van der Waals surface area (Å²) in [6, 6.07) is 6.11. The van der Waals surface area contributed by atoms with Crippen LogP contribution in [-0.2, 0) is 7.05 Å². The maximum Gasteiger partial charge on any atom is 0.135 e. The number of nitrogens with two attached hydrogens (primary N) is 1. The highest BCUT2D eigenvalue weighted by atomic mass is 15.2. The van der Waals surface area contributed by atoms with E-state index in [2.05, 4.69) is 23.1 Å². The van der Waals surface area contributed by atoms with Crippen molar-refractivity contribution in [2.45, 2.75) is 6.92 Å². The van der Waals surface area contributed by atoms with Crippen molar-refractivity contribution in [3.05, 3.63) is 30.0 Å². The topological polar surface area (TPSA) is 56.7 Å². The Bertz CT molecular complexity index is 697. The molecule has 0 aliphatic carbocycles. The molecule has 1 aromatic carbocycles. The maximum absolute atomic E-state index is 5.91. The molecule has 3 aromatic rings. The van der Waals surface area contributed by atoms with Gasteiger partial charge in [-0.1, -0.05) is 11.6 Å². The number of hydrogen-bond acceptors (Lipinski definition) is 3. The lowest BCUT2D eigenvalue weighted by Crippen LogP contribution is -1.92. The summed E-state index contributed by atoms with van der Waals surface area (Å²) in [6.07, 6.45) is 1.90. The zero-order valence-corrected chi connectivity index (χ0v) is 9.23. The third-order valence-electron chi connectivity index (χ3n) is 2.75. The molecule has 3 rings (SSSR count). The largest absolute Gasteiger partial charge is 0.383 e. The van der Waals surface area contributed by atoms with Gasteiger partial charge >= 0.3 is 0 Å². The van der Waals surface area contributed by atoms with E-state index in [1.165, 1.54) is 5.56 Å². The minimum absolute atomic E-state index is 0.541. The first kappa shape index (κ1) is 9.15. The van der Waals surface area contributed by atoms with Crippen molar-refractivity contribution >= 4 is 27.6 Å². The highest BCUT2D eigenvalue weighted by molar-refractivity contribution is 6.07. The van der Waals surface area contributed by atoms with E-state index >= 15 is 0 Å². The average Bonchev–Trinajstić information content (AvgIpc) is 2.62. The van der Waals surface area contributed by atoms with E-state index in [0.29, 0.717) is 5.82 Å². The number of aromatic nitrogens is 3. The SMILES string of the molecule is Cc1ccc2nc(N)c3cn(C)nc3c2c1. The van der Waals surface area contributed by atoms with Gasteiger partial charge in [-0.15, -0.1) is 0 Å². The minimum atomic E-state index is 0.541. The van der Waals surface area contributed by atoms with Crippen LogP contribution in [0.15, 0.2) is 24.4 Å². The number of fused-ring (bicyclic) bond motifs is 3. The quantitative estimate of drug-likeness (QED) is 0.620. The van der Waals surface area contributed by atoms with Gasteiger partial charge in [0.15, 0.2) is 0 Å². The van der Waals surface area contributed by atoms with Crippen LogP contribution in [0, 0.1) is 6.92 Å². The first-order valence-corrected chi connectivity index (χ1v) is 5.14. The number of nitrogen functional groups attached to an aromatic ring is 1. The van der Waals surface area contributed by atoms with Crippen LogP contribution < -0.4 is 5.73 Å². The highest BCUT2D eigenvalue weighted by Crippen LogP contribution is 2.26. The summed E-state index contributed by atoms with van der Waals surface area (Å²) in [5.74, 6) is 0.541. The Balaban J connectivity index is 2.59. The molecule has 0 aliphatic heterocycles. The van der Waals surface area contributed by atoms with Gasteiger partial charge in [0.05, 0.1) is 10.9 Å². The molecule has 0 spiro atoms. The maximum atomic E-state index is 5.91. The summed E-state index contributed by atoms with van der Waals surface area (Å²) in [5.41, 5.74) is 8.93. The van der Waals surface area contributed by atoms with Crippen LogP contribution in [0.2, 0.25) is 0 Å². The summed E-state index contributed by atoms with van der Waals surface area (Å²) in [6.45, 7) is 2.06. The van der Waals surface area contributed by atoms with Crippen molar-refractivity contribution in [3.63, 3.8) is 0 Å². The van der Waals surface area contributed by atoms with Gasteiger partial charge in [-0.05, 0) is 19.1 Å². The molecule has 80 valence electrons. The molecule has 2 heterocycles. The van der Waals surface area contributed by atoms with Crippen molar-refractivity contribution in [2.75, 3.05) is 5.73 Å². The van der Waals surface area contributed by atoms with Crippen LogP contribution in [0.4, 0.5) is 5.82 Å². The Morgan fingerprint density at radius 2 is 2.06 bits per heavy atom. The van der Waals surface area contributed by atoms with E-state index in [9.17, 15) is 0 Å². The molecule has 2 N–H and O–H groups in total. The molecule has 0 bridgehead atoms. The van der Waals surface area contributed by atoms with E-state index in [4.69, 9.17) is 5.73 Å². The lowest BCUT2D eigenvalue weighted by molar-refractivity contribution is 0.780. The smallest absolute Gasteiger partial charge is 0.135 e. The van der Waals surface area contributed by atoms with E-state index < -0.39 is 0 Å². The van der Waals surface area contributed by atoms with Crippen molar-refractivity contribution in [2.24, 2.45) is 7.05 Å². The summed E-state index contributed by atoms with van der Waals surface area (Å²) in [5, 5.41) is 6.42. The Morgan fingerprint density at radius 3 is 2.88 bits per heavy atom. The van der Waals surface area contributed by atoms with Gasteiger partial charge in [-0.25, -0.2) is 4.98 Å². The summed E-state index contributed by atoms with van der Waals surface area (Å²) < 4.78 is 1.77. The monoisotopic (exact) mass is 212 g/mol. The fraction of sp³-hybridized carbons (Fsp3) is 0.167. The molecule has 0 aliphatic rings. The second kappa shape index (κ2) is 2.95.